The molecule has 0 radical (unpaired) electrons. The molecule has 2 aliphatic heterocycles. The number of urea groups is 1. The molecule has 2 aromatic rings. The van der Waals surface area contributed by atoms with Crippen LogP contribution in [0.2, 0.25) is 0 Å². The predicted molar refractivity (Wildman–Crippen MR) is 122 cm³/mol. The number of amides is 3. The lowest BCUT2D eigenvalue weighted by atomic mass is 9.94. The molecule has 5 rings (SSSR count). The molecule has 0 aromatic heterocycles. The van der Waals surface area contributed by atoms with Crippen molar-refractivity contribution in [1.29, 1.82) is 0 Å². The van der Waals surface area contributed by atoms with Gasteiger partial charge in [-0.2, -0.15) is 0 Å². The van der Waals surface area contributed by atoms with Crippen LogP contribution < -0.4 is 20.1 Å². The topological polar surface area (TPSA) is 79.9 Å². The molecule has 2 fully saturated rings. The summed E-state index contributed by atoms with van der Waals surface area (Å²) in [6.07, 6.45) is 6.53. The Balaban J connectivity index is 1.13. The molecule has 2 N–H and O–H groups in total. The smallest absolute Gasteiger partial charge is 0.321 e. The summed E-state index contributed by atoms with van der Waals surface area (Å²) >= 11 is 0. The molecule has 2 heterocycles. The number of para-hydroxylation sites is 1. The third kappa shape index (κ3) is 4.38. The van der Waals surface area contributed by atoms with Gasteiger partial charge in [-0.3, -0.25) is 4.79 Å². The Bertz CT molecular complexity index is 980. The summed E-state index contributed by atoms with van der Waals surface area (Å²) < 4.78 is 12.3. The average Bonchev–Trinajstić information content (AvgIpc) is 3.16. The van der Waals surface area contributed by atoms with Gasteiger partial charge in [0, 0.05) is 49.3 Å². The fourth-order valence-electron chi connectivity index (χ4n) is 4.78. The van der Waals surface area contributed by atoms with Crippen LogP contribution in [0.25, 0.3) is 0 Å². The number of likely N-dealkylation sites (tertiary alicyclic amines) is 1. The third-order valence-electron chi connectivity index (χ3n) is 6.60. The SMILES string of the molecule is O=C(Nc1ccc2c(c1)OC1(CCCCC1)O2)C1CCN(C(=O)Nc2ccccc2)CC1. The van der Waals surface area contributed by atoms with Crippen LogP contribution in [0.3, 0.4) is 0 Å². The summed E-state index contributed by atoms with van der Waals surface area (Å²) in [4.78, 5) is 27.1. The molecule has 7 heteroatoms. The van der Waals surface area contributed by atoms with Crippen molar-refractivity contribution in [3.8, 4) is 11.5 Å². The Morgan fingerprint density at radius 2 is 1.56 bits per heavy atom. The van der Waals surface area contributed by atoms with Crippen molar-refractivity contribution in [3.05, 3.63) is 48.5 Å². The molecule has 0 unspecified atom stereocenters. The maximum Gasteiger partial charge on any atom is 0.321 e. The minimum atomic E-state index is -0.517. The van der Waals surface area contributed by atoms with Crippen LogP contribution in [0.15, 0.2) is 48.5 Å². The minimum Gasteiger partial charge on any atom is -0.448 e. The lowest BCUT2D eigenvalue weighted by Crippen LogP contribution is -2.43. The molecular formula is C25H29N3O4. The quantitative estimate of drug-likeness (QED) is 0.711. The van der Waals surface area contributed by atoms with Gasteiger partial charge in [-0.05, 0) is 49.9 Å². The van der Waals surface area contributed by atoms with E-state index in [4.69, 9.17) is 9.47 Å². The first-order valence-corrected chi connectivity index (χ1v) is 11.5. The van der Waals surface area contributed by atoms with Crippen LogP contribution in [0.4, 0.5) is 16.2 Å². The van der Waals surface area contributed by atoms with E-state index in [1.807, 2.05) is 48.5 Å². The molecule has 1 saturated carbocycles. The number of nitrogens with one attached hydrogen (secondary N) is 2. The van der Waals surface area contributed by atoms with Gasteiger partial charge < -0.3 is 25.0 Å². The van der Waals surface area contributed by atoms with Crippen molar-refractivity contribution in [2.45, 2.75) is 50.7 Å². The van der Waals surface area contributed by atoms with Gasteiger partial charge in [-0.25, -0.2) is 4.79 Å². The van der Waals surface area contributed by atoms with Gasteiger partial charge in [-0.1, -0.05) is 24.6 Å². The van der Waals surface area contributed by atoms with Crippen LogP contribution in [0, 0.1) is 5.92 Å². The minimum absolute atomic E-state index is 0.0145. The van der Waals surface area contributed by atoms with Crippen LogP contribution in [0.5, 0.6) is 11.5 Å². The first kappa shape index (κ1) is 20.7. The second kappa shape index (κ2) is 8.73. The highest BCUT2D eigenvalue weighted by atomic mass is 16.7. The van der Waals surface area contributed by atoms with Crippen molar-refractivity contribution in [3.63, 3.8) is 0 Å². The summed E-state index contributed by atoms with van der Waals surface area (Å²) in [5, 5.41) is 5.93. The predicted octanol–water partition coefficient (Wildman–Crippen LogP) is 5.00. The molecular weight excluding hydrogens is 406 g/mol. The van der Waals surface area contributed by atoms with Gasteiger partial charge in [0.15, 0.2) is 11.5 Å². The highest BCUT2D eigenvalue weighted by Crippen LogP contribution is 2.46. The molecule has 0 atom stereocenters. The number of carbonyl (C=O) groups excluding carboxylic acids is 2. The molecule has 0 bridgehead atoms. The largest absolute Gasteiger partial charge is 0.448 e. The fraction of sp³-hybridized carbons (Fsp3) is 0.440. The first-order valence-electron chi connectivity index (χ1n) is 11.5. The van der Waals surface area contributed by atoms with Gasteiger partial charge in [0.2, 0.25) is 5.91 Å². The van der Waals surface area contributed by atoms with Crippen LogP contribution in [-0.2, 0) is 4.79 Å². The number of carbonyl (C=O) groups is 2. The Hall–Kier alpha value is -3.22. The highest BCUT2D eigenvalue weighted by molar-refractivity contribution is 5.93. The van der Waals surface area contributed by atoms with Gasteiger partial charge in [0.05, 0.1) is 0 Å². The summed E-state index contributed by atoms with van der Waals surface area (Å²) in [6.45, 7) is 1.11. The monoisotopic (exact) mass is 435 g/mol. The van der Waals surface area contributed by atoms with Crippen molar-refractivity contribution in [2.75, 3.05) is 23.7 Å². The average molecular weight is 436 g/mol. The summed E-state index contributed by atoms with van der Waals surface area (Å²) in [6, 6.07) is 14.9. The van der Waals surface area contributed by atoms with Gasteiger partial charge in [-0.15, -0.1) is 0 Å². The van der Waals surface area contributed by atoms with E-state index >= 15 is 0 Å². The van der Waals surface area contributed by atoms with E-state index < -0.39 is 5.79 Å². The van der Waals surface area contributed by atoms with Gasteiger partial charge >= 0.3 is 6.03 Å². The lowest BCUT2D eigenvalue weighted by molar-refractivity contribution is -0.121. The lowest BCUT2D eigenvalue weighted by Gasteiger charge is -2.31. The maximum absolute atomic E-state index is 12.8. The van der Waals surface area contributed by atoms with Crippen molar-refractivity contribution < 1.29 is 19.1 Å². The zero-order valence-corrected chi connectivity index (χ0v) is 18.1. The Kier molecular flexibility index (Phi) is 5.64. The Morgan fingerprint density at radius 1 is 0.844 bits per heavy atom. The number of piperidine rings is 1. The van der Waals surface area contributed by atoms with E-state index in [1.54, 1.807) is 4.90 Å². The normalized spacial score (nSPS) is 19.6. The van der Waals surface area contributed by atoms with Crippen molar-refractivity contribution >= 4 is 23.3 Å². The molecule has 3 amide bonds. The first-order chi connectivity index (χ1) is 15.6. The summed E-state index contributed by atoms with van der Waals surface area (Å²) in [5.41, 5.74) is 1.49. The maximum atomic E-state index is 12.8. The van der Waals surface area contributed by atoms with Crippen molar-refractivity contribution in [1.82, 2.24) is 4.90 Å². The Morgan fingerprint density at radius 3 is 2.31 bits per heavy atom. The van der Waals surface area contributed by atoms with Gasteiger partial charge in [0.1, 0.15) is 0 Å². The molecule has 3 aliphatic rings. The molecule has 1 aliphatic carbocycles. The molecule has 1 saturated heterocycles. The number of fused-ring (bicyclic) bond motifs is 1. The number of benzene rings is 2. The number of hydrogen-bond acceptors (Lipinski definition) is 4. The Labute approximate surface area is 188 Å². The zero-order chi connectivity index (χ0) is 22.0. The van der Waals surface area contributed by atoms with Crippen molar-refractivity contribution in [2.24, 2.45) is 5.92 Å². The molecule has 2 aromatic carbocycles. The summed E-state index contributed by atoms with van der Waals surface area (Å²) in [7, 11) is 0. The zero-order valence-electron chi connectivity index (χ0n) is 18.1. The van der Waals surface area contributed by atoms with Crippen LogP contribution >= 0.6 is 0 Å². The standard InChI is InChI=1S/C25H29N3O4/c29-23(18-11-15-28(16-12-18)24(30)27-19-7-3-1-4-8-19)26-20-9-10-21-22(17-20)32-25(31-21)13-5-2-6-14-25/h1,3-4,7-10,17-18H,2,5-6,11-16H2,(H,26,29)(H,27,30). The number of ether oxygens (including phenoxy) is 2. The summed E-state index contributed by atoms with van der Waals surface area (Å²) in [5.74, 6) is 0.807. The number of nitrogens with zero attached hydrogens (tertiary/aromatic N) is 1. The molecule has 7 nitrogen and oxygen atoms in total. The van der Waals surface area contributed by atoms with E-state index in [0.717, 1.165) is 42.8 Å². The highest BCUT2D eigenvalue weighted by Gasteiger charge is 2.42. The van der Waals surface area contributed by atoms with Crippen LogP contribution in [-0.4, -0.2) is 35.7 Å². The van der Waals surface area contributed by atoms with E-state index in [9.17, 15) is 9.59 Å². The third-order valence-corrected chi connectivity index (χ3v) is 6.60. The fourth-order valence-corrected chi connectivity index (χ4v) is 4.78. The van der Waals surface area contributed by atoms with E-state index in [1.165, 1.54) is 6.42 Å². The van der Waals surface area contributed by atoms with E-state index in [-0.39, 0.29) is 17.9 Å². The second-order valence-electron chi connectivity index (χ2n) is 8.88. The molecule has 168 valence electrons. The number of rotatable bonds is 3. The number of anilines is 2. The number of hydrogen-bond donors (Lipinski definition) is 2. The van der Waals surface area contributed by atoms with Gasteiger partial charge in [0.25, 0.3) is 5.79 Å². The molecule has 32 heavy (non-hydrogen) atoms. The van der Waals surface area contributed by atoms with Crippen LogP contribution in [0.1, 0.15) is 44.9 Å². The van der Waals surface area contributed by atoms with E-state index in [2.05, 4.69) is 10.6 Å². The molecule has 1 spiro atoms. The second-order valence-corrected chi connectivity index (χ2v) is 8.88. The van der Waals surface area contributed by atoms with E-state index in [0.29, 0.717) is 31.7 Å².